The number of carboxylic acid groups (broad SMARTS) is 1. The second-order valence-electron chi connectivity index (χ2n) is 15.3. The Kier molecular flexibility index (Phi) is 36.5. The van der Waals surface area contributed by atoms with Gasteiger partial charge in [-0.1, -0.05) is 162 Å². The van der Waals surface area contributed by atoms with E-state index in [1.165, 1.54) is 51.4 Å². The predicted octanol–water partition coefficient (Wildman–Crippen LogP) is 11.9. The third kappa shape index (κ3) is 37.6. The number of quaternary nitrogens is 1. The number of likely N-dealkylation sites (N-methyl/N-ethyl adjacent to an activating group) is 1. The van der Waals surface area contributed by atoms with Crippen molar-refractivity contribution in [2.24, 2.45) is 0 Å². The topological polar surface area (TPSA) is 99.1 Å². The molecule has 0 aliphatic carbocycles. The summed E-state index contributed by atoms with van der Waals surface area (Å²) in [6, 6.07) is -0.631. The van der Waals surface area contributed by atoms with Crippen LogP contribution in [0.1, 0.15) is 142 Å². The number of hydrogen-bond donors (Lipinski definition) is 1. The van der Waals surface area contributed by atoms with Crippen molar-refractivity contribution in [3.63, 3.8) is 0 Å². The Morgan fingerprint density at radius 2 is 1.04 bits per heavy atom. The first-order valence-electron chi connectivity index (χ1n) is 21.8. The van der Waals surface area contributed by atoms with Gasteiger partial charge in [0.05, 0.1) is 34.4 Å². The Morgan fingerprint density at radius 1 is 0.544 bits per heavy atom. The molecule has 8 nitrogen and oxygen atoms in total. The molecule has 0 aromatic heterocycles. The summed E-state index contributed by atoms with van der Waals surface area (Å²) in [5.74, 6) is -1.58. The van der Waals surface area contributed by atoms with Crippen molar-refractivity contribution in [3.05, 3.63) is 97.2 Å². The molecule has 0 saturated carbocycles. The first-order valence-corrected chi connectivity index (χ1v) is 21.8. The van der Waals surface area contributed by atoms with Crippen molar-refractivity contribution in [2.75, 3.05) is 41.0 Å². The number of aliphatic carboxylic acids is 1. The highest BCUT2D eigenvalue weighted by molar-refractivity contribution is 5.72. The van der Waals surface area contributed by atoms with Gasteiger partial charge in [0.25, 0.3) is 0 Å². The van der Waals surface area contributed by atoms with Crippen molar-refractivity contribution < 1.29 is 38.2 Å². The van der Waals surface area contributed by atoms with E-state index in [0.717, 1.165) is 51.4 Å². The maximum absolute atomic E-state index is 12.7. The monoisotopic (exact) mass is 795 g/mol. The van der Waals surface area contributed by atoms with Gasteiger partial charge < -0.3 is 23.8 Å². The average Bonchev–Trinajstić information content (AvgIpc) is 3.17. The van der Waals surface area contributed by atoms with Crippen LogP contribution in [-0.4, -0.2) is 80.6 Å². The second kappa shape index (κ2) is 39.1. The predicted molar refractivity (Wildman–Crippen MR) is 238 cm³/mol. The number of nitrogens with zero attached hydrogens (tertiary/aromatic N) is 1. The number of esters is 2. The lowest BCUT2D eigenvalue weighted by Gasteiger charge is -2.31. The van der Waals surface area contributed by atoms with E-state index in [4.69, 9.17) is 14.2 Å². The summed E-state index contributed by atoms with van der Waals surface area (Å²) in [5, 5.41) is 9.61. The van der Waals surface area contributed by atoms with Crippen LogP contribution in [0.2, 0.25) is 0 Å². The first-order chi connectivity index (χ1) is 27.6. The van der Waals surface area contributed by atoms with Gasteiger partial charge in [-0.3, -0.25) is 9.59 Å². The minimum Gasteiger partial charge on any atom is -0.477 e. The Hall–Kier alpha value is -3.75. The molecule has 2 unspecified atom stereocenters. The summed E-state index contributed by atoms with van der Waals surface area (Å²) in [6.07, 6.45) is 51.8. The summed E-state index contributed by atoms with van der Waals surface area (Å²) in [4.78, 5) is 36.9. The van der Waals surface area contributed by atoms with Gasteiger partial charge in [0.15, 0.2) is 12.1 Å². The van der Waals surface area contributed by atoms with E-state index in [1.807, 2.05) is 75.8 Å². The van der Waals surface area contributed by atoms with Crippen molar-refractivity contribution in [3.8, 4) is 0 Å². The number of rotatable bonds is 37. The fourth-order valence-electron chi connectivity index (χ4n) is 5.78. The molecule has 8 heteroatoms. The van der Waals surface area contributed by atoms with Gasteiger partial charge in [0.1, 0.15) is 6.61 Å². The van der Waals surface area contributed by atoms with Crippen LogP contribution in [0.15, 0.2) is 97.2 Å². The minimum absolute atomic E-state index is 0.0307. The smallest absolute Gasteiger partial charge is 0.362 e. The number of unbranched alkanes of at least 4 members (excludes halogenated alkanes) is 11. The van der Waals surface area contributed by atoms with Crippen LogP contribution >= 0.6 is 0 Å². The molecule has 0 amide bonds. The Bertz CT molecular complexity index is 1250. The zero-order valence-corrected chi connectivity index (χ0v) is 36.5. The zero-order chi connectivity index (χ0) is 42.1. The fourth-order valence-corrected chi connectivity index (χ4v) is 5.78. The molecule has 0 spiro atoms. The minimum atomic E-state index is -0.890. The van der Waals surface area contributed by atoms with Crippen molar-refractivity contribution in [2.45, 2.75) is 154 Å². The Labute approximate surface area is 347 Å². The maximum atomic E-state index is 12.7. The van der Waals surface area contributed by atoms with Crippen molar-refractivity contribution >= 4 is 17.9 Å². The molecule has 0 bridgehead atoms. The highest BCUT2D eigenvalue weighted by Crippen LogP contribution is 2.14. The summed E-state index contributed by atoms with van der Waals surface area (Å²) >= 11 is 0. The molecular formula is C49H80NO7+. The SMILES string of the molecule is CC/C=C/C=C/C=C/C=C/C=C/CCCC(=O)OCC(COCCC(C(=O)O)[N+](C)(C)C)OC(=O)CCCCCCCCCCCC/C=C/C/C=C/C/C=C/CC. The third-order valence-corrected chi connectivity index (χ3v) is 9.11. The van der Waals surface area contributed by atoms with E-state index >= 15 is 0 Å². The van der Waals surface area contributed by atoms with E-state index < -0.39 is 18.1 Å². The molecule has 0 aliphatic heterocycles. The Balaban J connectivity index is 4.42. The van der Waals surface area contributed by atoms with Crippen molar-refractivity contribution in [1.82, 2.24) is 0 Å². The van der Waals surface area contributed by atoms with Crippen molar-refractivity contribution in [1.29, 1.82) is 0 Å². The van der Waals surface area contributed by atoms with Crippen LogP contribution in [0, 0.1) is 0 Å². The van der Waals surface area contributed by atoms with E-state index in [-0.39, 0.29) is 42.7 Å². The normalized spacial score (nSPS) is 13.9. The van der Waals surface area contributed by atoms with E-state index in [0.29, 0.717) is 19.3 Å². The molecule has 0 aromatic rings. The first kappa shape index (κ1) is 53.2. The van der Waals surface area contributed by atoms with Crippen LogP contribution in [-0.2, 0) is 28.6 Å². The quantitative estimate of drug-likeness (QED) is 0.0220. The van der Waals surface area contributed by atoms with E-state index in [1.54, 1.807) is 0 Å². The lowest BCUT2D eigenvalue weighted by Crippen LogP contribution is -2.50. The summed E-state index contributed by atoms with van der Waals surface area (Å²) in [7, 11) is 5.49. The van der Waals surface area contributed by atoms with Crippen LogP contribution in [0.25, 0.3) is 0 Å². The van der Waals surface area contributed by atoms with Gasteiger partial charge in [-0.15, -0.1) is 0 Å². The average molecular weight is 795 g/mol. The second-order valence-corrected chi connectivity index (χ2v) is 15.3. The summed E-state index contributed by atoms with van der Waals surface area (Å²) in [5.41, 5.74) is 0. The standard InChI is InChI=1S/C49H79NO7/c1-6-8-10-12-14-16-18-20-21-22-23-24-25-26-28-30-32-34-36-38-40-48(52)57-45(43-55-42-41-46(49(53)54)50(3,4)5)44-56-47(51)39-37-35-33-31-29-27-19-17-15-13-11-9-7-2/h8-11,13-17,19-21,27,29,31,33,45-46H,6-7,12,18,22-26,28,30,32,34-44H2,1-5H3/p+1/b10-8+,11-9+,15-13+,16-14+,19-17+,21-20+,29-27+,33-31+. The van der Waals surface area contributed by atoms with Gasteiger partial charge >= 0.3 is 17.9 Å². The lowest BCUT2D eigenvalue weighted by molar-refractivity contribution is -0.887. The number of carboxylic acids is 1. The van der Waals surface area contributed by atoms with Crippen LogP contribution in [0.5, 0.6) is 0 Å². The fraction of sp³-hybridized carbons (Fsp3) is 0.612. The molecule has 322 valence electrons. The molecule has 1 N–H and O–H groups in total. The molecule has 57 heavy (non-hydrogen) atoms. The highest BCUT2D eigenvalue weighted by Gasteiger charge is 2.31. The van der Waals surface area contributed by atoms with Gasteiger partial charge in [-0.2, -0.15) is 0 Å². The zero-order valence-electron chi connectivity index (χ0n) is 36.5. The molecule has 0 aliphatic rings. The van der Waals surface area contributed by atoms with Crippen LogP contribution in [0.4, 0.5) is 0 Å². The number of carbonyl (C=O) groups excluding carboxylic acids is 2. The van der Waals surface area contributed by atoms with E-state index in [9.17, 15) is 19.5 Å². The molecule has 0 radical (unpaired) electrons. The third-order valence-electron chi connectivity index (χ3n) is 9.11. The number of ether oxygens (including phenoxy) is 3. The van der Waals surface area contributed by atoms with Gasteiger partial charge in [-0.05, 0) is 57.8 Å². The lowest BCUT2D eigenvalue weighted by atomic mass is 10.0. The highest BCUT2D eigenvalue weighted by atomic mass is 16.6. The Morgan fingerprint density at radius 3 is 1.61 bits per heavy atom. The van der Waals surface area contributed by atoms with Gasteiger partial charge in [-0.25, -0.2) is 4.79 Å². The van der Waals surface area contributed by atoms with Crippen LogP contribution < -0.4 is 0 Å². The number of hydrogen-bond acceptors (Lipinski definition) is 6. The van der Waals surface area contributed by atoms with Gasteiger partial charge in [0, 0.05) is 19.3 Å². The van der Waals surface area contributed by atoms with Gasteiger partial charge in [0.2, 0.25) is 0 Å². The maximum Gasteiger partial charge on any atom is 0.362 e. The number of allylic oxidation sites excluding steroid dienone is 16. The summed E-state index contributed by atoms with van der Waals surface area (Å²) in [6.45, 7) is 4.38. The molecule has 0 fully saturated rings. The van der Waals surface area contributed by atoms with E-state index in [2.05, 4.69) is 56.4 Å². The number of carbonyl (C=O) groups is 3. The molecule has 2 atom stereocenters. The molecular weight excluding hydrogens is 715 g/mol. The van der Waals surface area contributed by atoms with Crippen LogP contribution in [0.3, 0.4) is 0 Å². The molecule has 0 aromatic carbocycles. The summed E-state index contributed by atoms with van der Waals surface area (Å²) < 4.78 is 17.2. The largest absolute Gasteiger partial charge is 0.477 e. The molecule has 0 rings (SSSR count). The molecule has 0 saturated heterocycles. The molecule has 0 heterocycles.